The third kappa shape index (κ3) is 3.75. The Morgan fingerprint density at radius 2 is 2.00 bits per heavy atom. The molecular weight excluding hydrogens is 242 g/mol. The second kappa shape index (κ2) is 5.32. The fraction of sp³-hybridized carbons (Fsp3) is 0.571. The minimum Gasteiger partial charge on any atom is -0.432 e. The van der Waals surface area contributed by atoms with Crippen LogP contribution in [0.1, 0.15) is 43.4 Å². The van der Waals surface area contributed by atoms with Crippen molar-refractivity contribution in [3.05, 3.63) is 29.6 Å². The van der Waals surface area contributed by atoms with Gasteiger partial charge in [0.2, 0.25) is 0 Å². The third-order valence-corrected chi connectivity index (χ3v) is 7.39. The smallest absolute Gasteiger partial charge is 0.188 e. The van der Waals surface area contributed by atoms with Crippen LogP contribution in [-0.4, -0.2) is 23.9 Å². The predicted molar refractivity (Wildman–Crippen MR) is 76.3 cm³/mol. The molecule has 0 amide bonds. The van der Waals surface area contributed by atoms with Crippen LogP contribution < -0.4 is 0 Å². The maximum atomic E-state index is 11.3. The summed E-state index contributed by atoms with van der Waals surface area (Å²) in [5.74, 6) is -0.00651. The van der Waals surface area contributed by atoms with E-state index < -0.39 is 8.32 Å². The molecule has 0 atom stereocenters. The Kier molecular flexibility index (Phi) is 4.45. The molecule has 0 aliphatic rings. The van der Waals surface area contributed by atoms with Gasteiger partial charge in [0, 0.05) is 12.6 Å². The van der Waals surface area contributed by atoms with Gasteiger partial charge < -0.3 is 4.80 Å². The van der Waals surface area contributed by atoms with E-state index in [4.69, 9.17) is 0 Å². The zero-order chi connectivity index (χ0) is 14.0. The zero-order valence-electron chi connectivity index (χ0n) is 11.9. The van der Waals surface area contributed by atoms with Crippen LogP contribution in [0.25, 0.3) is 0 Å². The Bertz CT molecular complexity index is 436. The first-order valence-electron chi connectivity index (χ1n) is 6.33. The molecule has 0 aromatic carbocycles. The van der Waals surface area contributed by atoms with Crippen LogP contribution in [-0.2, 0) is 6.42 Å². The van der Waals surface area contributed by atoms with Gasteiger partial charge in [0.05, 0.1) is 0 Å². The molecule has 0 radical (unpaired) electrons. The first-order chi connectivity index (χ1) is 8.13. The van der Waals surface area contributed by atoms with Crippen LogP contribution in [0.5, 0.6) is 0 Å². The van der Waals surface area contributed by atoms with E-state index >= 15 is 0 Å². The Balaban J connectivity index is 2.75. The summed E-state index contributed by atoms with van der Waals surface area (Å²) < 4.78 is 0. The van der Waals surface area contributed by atoms with E-state index in [9.17, 15) is 9.59 Å². The Labute approximate surface area is 110 Å². The fourth-order valence-corrected chi connectivity index (χ4v) is 2.30. The molecular formula is C14H23NO2Si. The molecule has 0 fully saturated rings. The Morgan fingerprint density at radius 1 is 1.39 bits per heavy atom. The zero-order valence-corrected chi connectivity index (χ0v) is 12.9. The molecule has 1 heterocycles. The van der Waals surface area contributed by atoms with Gasteiger partial charge in [0.25, 0.3) is 0 Å². The Morgan fingerprint density at radius 3 is 2.50 bits per heavy atom. The molecule has 1 aromatic heterocycles. The summed E-state index contributed by atoms with van der Waals surface area (Å²) in [6, 6.07) is 5.55. The maximum Gasteiger partial charge on any atom is 0.188 e. The number of ketones is 1. The van der Waals surface area contributed by atoms with Crippen molar-refractivity contribution in [3.8, 4) is 0 Å². The average Bonchev–Trinajstić information content (AvgIpc) is 2.25. The lowest BCUT2D eigenvalue weighted by Gasteiger charge is -2.35. The standard InChI is InChI=1S/C14H23NO2Si/c1-11(16)13-8-6-7-12(15-13)9-10-14(2,3)18(4,5)17/h6-8,17H,9-10H2,1-5H3. The summed E-state index contributed by atoms with van der Waals surface area (Å²) in [5, 5.41) is -0.0547. The number of nitrogens with zero attached hydrogens (tertiary/aromatic N) is 1. The number of Topliss-reactive ketones (excluding diaryl/α,β-unsaturated/α-hetero) is 1. The number of aromatic nitrogens is 1. The summed E-state index contributed by atoms with van der Waals surface area (Å²) in [6.45, 7) is 9.67. The van der Waals surface area contributed by atoms with Gasteiger partial charge in [-0.3, -0.25) is 4.79 Å². The molecule has 0 aliphatic carbocycles. The minimum absolute atomic E-state index is 0.00651. The number of carbonyl (C=O) groups is 1. The number of pyridine rings is 1. The number of carbonyl (C=O) groups excluding carboxylic acids is 1. The first-order valence-corrected chi connectivity index (χ1v) is 9.27. The van der Waals surface area contributed by atoms with Crippen molar-refractivity contribution < 1.29 is 9.59 Å². The van der Waals surface area contributed by atoms with E-state index in [0.717, 1.165) is 18.5 Å². The summed E-state index contributed by atoms with van der Waals surface area (Å²) in [4.78, 5) is 25.8. The quantitative estimate of drug-likeness (QED) is 0.657. The highest BCUT2D eigenvalue weighted by atomic mass is 28.4. The second-order valence-corrected chi connectivity index (χ2v) is 10.5. The predicted octanol–water partition coefficient (Wildman–Crippen LogP) is 3.19. The highest BCUT2D eigenvalue weighted by Crippen LogP contribution is 2.39. The SMILES string of the molecule is CC(=O)c1cccc(CCC(C)(C)[Si](C)(C)O)n1. The van der Waals surface area contributed by atoms with Gasteiger partial charge in [-0.05, 0) is 43.1 Å². The minimum atomic E-state index is -2.17. The largest absolute Gasteiger partial charge is 0.432 e. The van der Waals surface area contributed by atoms with Gasteiger partial charge in [-0.2, -0.15) is 0 Å². The van der Waals surface area contributed by atoms with Gasteiger partial charge in [-0.15, -0.1) is 0 Å². The van der Waals surface area contributed by atoms with Crippen molar-refractivity contribution in [1.29, 1.82) is 0 Å². The van der Waals surface area contributed by atoms with E-state index in [2.05, 4.69) is 18.8 Å². The highest BCUT2D eigenvalue weighted by Gasteiger charge is 2.37. The molecule has 3 nitrogen and oxygen atoms in total. The molecule has 0 spiro atoms. The number of aryl methyl sites for hydroxylation is 1. The molecule has 0 unspecified atom stereocenters. The van der Waals surface area contributed by atoms with Crippen molar-refractivity contribution in [1.82, 2.24) is 4.98 Å². The molecule has 0 aliphatic heterocycles. The van der Waals surface area contributed by atoms with Crippen LogP contribution in [0.15, 0.2) is 18.2 Å². The van der Waals surface area contributed by atoms with Gasteiger partial charge in [-0.1, -0.05) is 19.9 Å². The fourth-order valence-electron chi connectivity index (χ4n) is 1.56. The van der Waals surface area contributed by atoms with E-state index in [0.29, 0.717) is 5.69 Å². The third-order valence-electron chi connectivity index (χ3n) is 3.83. The number of rotatable bonds is 5. The van der Waals surface area contributed by atoms with Gasteiger partial charge >= 0.3 is 0 Å². The summed E-state index contributed by atoms with van der Waals surface area (Å²) >= 11 is 0. The number of hydrogen-bond donors (Lipinski definition) is 1. The van der Waals surface area contributed by atoms with E-state index in [1.54, 1.807) is 6.07 Å². The van der Waals surface area contributed by atoms with E-state index in [1.165, 1.54) is 6.92 Å². The summed E-state index contributed by atoms with van der Waals surface area (Å²) in [5.41, 5.74) is 1.44. The van der Waals surface area contributed by atoms with Crippen molar-refractivity contribution in [2.75, 3.05) is 0 Å². The maximum absolute atomic E-state index is 11.3. The normalized spacial score (nSPS) is 12.6. The van der Waals surface area contributed by atoms with E-state index in [-0.39, 0.29) is 10.8 Å². The molecule has 18 heavy (non-hydrogen) atoms. The first kappa shape index (κ1) is 15.1. The van der Waals surface area contributed by atoms with Crippen LogP contribution in [0.3, 0.4) is 0 Å². The molecule has 1 rings (SSSR count). The van der Waals surface area contributed by atoms with E-state index in [1.807, 2.05) is 25.2 Å². The molecule has 0 saturated carbocycles. The molecule has 1 aromatic rings. The Hall–Kier alpha value is -1.00. The molecule has 0 saturated heterocycles. The van der Waals surface area contributed by atoms with Crippen LogP contribution in [0, 0.1) is 0 Å². The molecule has 100 valence electrons. The molecule has 0 bridgehead atoms. The van der Waals surface area contributed by atoms with Crippen molar-refractivity contribution in [2.24, 2.45) is 0 Å². The van der Waals surface area contributed by atoms with Crippen LogP contribution >= 0.6 is 0 Å². The summed E-state index contributed by atoms with van der Waals surface area (Å²) in [7, 11) is -2.17. The summed E-state index contributed by atoms with van der Waals surface area (Å²) in [6.07, 6.45) is 1.68. The van der Waals surface area contributed by atoms with Gasteiger partial charge in [-0.25, -0.2) is 4.98 Å². The topological polar surface area (TPSA) is 50.2 Å². The lowest BCUT2D eigenvalue weighted by Crippen LogP contribution is -2.39. The molecule has 4 heteroatoms. The monoisotopic (exact) mass is 265 g/mol. The van der Waals surface area contributed by atoms with Crippen LogP contribution in [0.4, 0.5) is 0 Å². The number of hydrogen-bond acceptors (Lipinski definition) is 3. The second-order valence-electron chi connectivity index (χ2n) is 6.01. The van der Waals surface area contributed by atoms with Crippen molar-refractivity contribution >= 4 is 14.1 Å². The van der Waals surface area contributed by atoms with Gasteiger partial charge in [0.15, 0.2) is 14.1 Å². The molecule has 1 N–H and O–H groups in total. The average molecular weight is 265 g/mol. The van der Waals surface area contributed by atoms with Gasteiger partial charge in [0.1, 0.15) is 5.69 Å². The lowest BCUT2D eigenvalue weighted by atomic mass is 10.0. The lowest BCUT2D eigenvalue weighted by molar-refractivity contribution is 0.101. The van der Waals surface area contributed by atoms with Crippen molar-refractivity contribution in [2.45, 2.75) is 51.7 Å². The van der Waals surface area contributed by atoms with Crippen LogP contribution in [0.2, 0.25) is 18.1 Å². The highest BCUT2D eigenvalue weighted by molar-refractivity contribution is 6.72. The van der Waals surface area contributed by atoms with Crippen molar-refractivity contribution in [3.63, 3.8) is 0 Å².